The van der Waals surface area contributed by atoms with Gasteiger partial charge in [-0.2, -0.15) is 5.10 Å². The minimum absolute atomic E-state index is 0.0650. The van der Waals surface area contributed by atoms with E-state index in [0.717, 1.165) is 11.4 Å². The van der Waals surface area contributed by atoms with Crippen LogP contribution in [0, 0.1) is 24.0 Å². The Morgan fingerprint density at radius 3 is 2.36 bits per heavy atom. The van der Waals surface area contributed by atoms with Crippen molar-refractivity contribution in [3.05, 3.63) is 48.6 Å². The lowest BCUT2D eigenvalue weighted by Gasteiger charge is -2.10. The summed E-state index contributed by atoms with van der Waals surface area (Å²) in [5, 5.41) is 17.7. The molecule has 0 saturated carbocycles. The molecule has 1 aromatic heterocycles. The highest BCUT2D eigenvalue weighted by molar-refractivity contribution is 9.11. The molecule has 0 saturated heterocycles. The molecule has 1 heterocycles. The van der Waals surface area contributed by atoms with Crippen LogP contribution < -0.4 is 5.32 Å². The first kappa shape index (κ1) is 16.6. The fourth-order valence-electron chi connectivity index (χ4n) is 1.93. The lowest BCUT2D eigenvalue weighted by molar-refractivity contribution is -0.385. The molecule has 1 amide bonds. The predicted octanol–water partition coefficient (Wildman–Crippen LogP) is 3.57. The first-order valence-electron chi connectivity index (χ1n) is 6.22. The van der Waals surface area contributed by atoms with E-state index in [4.69, 9.17) is 0 Å². The monoisotopic (exact) mass is 430 g/mol. The van der Waals surface area contributed by atoms with Gasteiger partial charge < -0.3 is 5.32 Å². The Morgan fingerprint density at radius 2 is 1.91 bits per heavy atom. The number of amides is 1. The van der Waals surface area contributed by atoms with Crippen LogP contribution in [0.15, 0.2) is 27.1 Å². The number of nitro groups is 1. The highest BCUT2D eigenvalue weighted by Gasteiger charge is 2.16. The Balaban J connectivity index is 2.18. The Hall–Kier alpha value is -1.74. The number of benzene rings is 1. The van der Waals surface area contributed by atoms with E-state index in [2.05, 4.69) is 42.3 Å². The van der Waals surface area contributed by atoms with E-state index in [-0.39, 0.29) is 18.1 Å². The van der Waals surface area contributed by atoms with Crippen molar-refractivity contribution in [2.45, 2.75) is 20.4 Å². The number of nitrogens with zero attached hydrogens (tertiary/aromatic N) is 3. The minimum Gasteiger partial charge on any atom is -0.323 e. The normalized spacial score (nSPS) is 10.5. The highest BCUT2D eigenvalue weighted by atomic mass is 79.9. The fourth-order valence-corrected chi connectivity index (χ4v) is 3.30. The molecule has 7 nitrogen and oxygen atoms in total. The number of anilines is 1. The van der Waals surface area contributed by atoms with Crippen LogP contribution in [0.1, 0.15) is 11.4 Å². The molecule has 0 bridgehead atoms. The molecule has 116 valence electrons. The van der Waals surface area contributed by atoms with Crippen molar-refractivity contribution in [3.63, 3.8) is 0 Å². The Labute approximate surface area is 143 Å². The first-order valence-corrected chi connectivity index (χ1v) is 7.81. The number of hydrogen-bond donors (Lipinski definition) is 1. The zero-order valence-corrected chi connectivity index (χ0v) is 14.9. The van der Waals surface area contributed by atoms with Crippen LogP contribution in [0.25, 0.3) is 0 Å². The molecular weight excluding hydrogens is 420 g/mol. The number of aryl methyl sites for hydroxylation is 2. The number of hydrogen-bond acceptors (Lipinski definition) is 4. The molecule has 0 unspecified atom stereocenters. The average molecular weight is 432 g/mol. The number of non-ortho nitro benzene ring substituents is 1. The van der Waals surface area contributed by atoms with Crippen LogP contribution in [0.4, 0.5) is 11.4 Å². The van der Waals surface area contributed by atoms with Gasteiger partial charge in [0.25, 0.3) is 5.69 Å². The van der Waals surface area contributed by atoms with E-state index >= 15 is 0 Å². The SMILES string of the molecule is Cc1cc(C)n(CC(=O)Nc2c(Br)cc([N+](=O)[O-])cc2Br)n1. The van der Waals surface area contributed by atoms with Crippen molar-refractivity contribution in [1.82, 2.24) is 9.78 Å². The smallest absolute Gasteiger partial charge is 0.271 e. The van der Waals surface area contributed by atoms with Crippen LogP contribution in [0.3, 0.4) is 0 Å². The summed E-state index contributed by atoms with van der Waals surface area (Å²) in [6, 6.07) is 4.55. The maximum atomic E-state index is 12.1. The molecule has 9 heteroatoms. The quantitative estimate of drug-likeness (QED) is 0.591. The Kier molecular flexibility index (Phi) is 4.97. The molecule has 1 N–H and O–H groups in total. The summed E-state index contributed by atoms with van der Waals surface area (Å²) >= 11 is 6.45. The van der Waals surface area contributed by atoms with E-state index in [1.54, 1.807) is 4.68 Å². The molecule has 0 fully saturated rings. The molecule has 0 spiro atoms. The van der Waals surface area contributed by atoms with E-state index in [1.165, 1.54) is 12.1 Å². The number of rotatable bonds is 4. The van der Waals surface area contributed by atoms with Gasteiger partial charge in [-0.15, -0.1) is 0 Å². The van der Waals surface area contributed by atoms with E-state index < -0.39 is 4.92 Å². The third-order valence-electron chi connectivity index (χ3n) is 2.90. The highest BCUT2D eigenvalue weighted by Crippen LogP contribution is 2.35. The van der Waals surface area contributed by atoms with Crippen molar-refractivity contribution < 1.29 is 9.72 Å². The van der Waals surface area contributed by atoms with E-state index in [1.807, 2.05) is 19.9 Å². The summed E-state index contributed by atoms with van der Waals surface area (Å²) in [5.41, 5.74) is 2.09. The van der Waals surface area contributed by atoms with Gasteiger partial charge in [-0.3, -0.25) is 19.6 Å². The molecule has 22 heavy (non-hydrogen) atoms. The molecule has 0 aliphatic heterocycles. The average Bonchev–Trinajstić information content (AvgIpc) is 2.71. The number of nitro benzene ring substituents is 1. The van der Waals surface area contributed by atoms with Crippen LogP contribution in [0.5, 0.6) is 0 Å². The second-order valence-electron chi connectivity index (χ2n) is 4.67. The summed E-state index contributed by atoms with van der Waals surface area (Å²) in [4.78, 5) is 22.4. The van der Waals surface area contributed by atoms with Gasteiger partial charge in [-0.25, -0.2) is 0 Å². The van der Waals surface area contributed by atoms with E-state index in [9.17, 15) is 14.9 Å². The number of nitrogens with one attached hydrogen (secondary N) is 1. The molecule has 0 aliphatic carbocycles. The van der Waals surface area contributed by atoms with Gasteiger partial charge >= 0.3 is 0 Å². The number of carbonyl (C=O) groups is 1. The van der Waals surface area contributed by atoms with Gasteiger partial charge in [0.2, 0.25) is 5.91 Å². The lowest BCUT2D eigenvalue weighted by atomic mass is 10.3. The zero-order valence-electron chi connectivity index (χ0n) is 11.8. The van der Waals surface area contributed by atoms with Crippen LogP contribution in [-0.4, -0.2) is 20.6 Å². The van der Waals surface area contributed by atoms with Gasteiger partial charge in [0, 0.05) is 26.8 Å². The Bertz CT molecular complexity index is 735. The fraction of sp³-hybridized carbons (Fsp3) is 0.231. The van der Waals surface area contributed by atoms with Gasteiger partial charge in [0.15, 0.2) is 0 Å². The van der Waals surface area contributed by atoms with Crippen LogP contribution >= 0.6 is 31.9 Å². The van der Waals surface area contributed by atoms with Gasteiger partial charge in [-0.1, -0.05) is 0 Å². The lowest BCUT2D eigenvalue weighted by Crippen LogP contribution is -2.20. The second kappa shape index (κ2) is 6.57. The van der Waals surface area contributed by atoms with Crippen LogP contribution in [-0.2, 0) is 11.3 Å². The third kappa shape index (κ3) is 3.72. The van der Waals surface area contributed by atoms with Crippen molar-refractivity contribution in [2.24, 2.45) is 0 Å². The largest absolute Gasteiger partial charge is 0.323 e. The van der Waals surface area contributed by atoms with Crippen molar-refractivity contribution in [1.29, 1.82) is 0 Å². The maximum absolute atomic E-state index is 12.1. The number of aromatic nitrogens is 2. The minimum atomic E-state index is -0.503. The molecule has 2 rings (SSSR count). The molecule has 0 radical (unpaired) electrons. The third-order valence-corrected chi connectivity index (χ3v) is 4.15. The summed E-state index contributed by atoms with van der Waals surface area (Å²) in [6.07, 6.45) is 0. The summed E-state index contributed by atoms with van der Waals surface area (Å²) in [5.74, 6) is -0.276. The maximum Gasteiger partial charge on any atom is 0.271 e. The molecule has 0 aliphatic rings. The van der Waals surface area contributed by atoms with Crippen LogP contribution in [0.2, 0.25) is 0 Å². The number of halogens is 2. The van der Waals surface area contributed by atoms with Gasteiger partial charge in [-0.05, 0) is 51.8 Å². The van der Waals surface area contributed by atoms with Crippen molar-refractivity contribution >= 4 is 49.1 Å². The number of carbonyl (C=O) groups excluding carboxylic acids is 1. The zero-order chi connectivity index (χ0) is 16.4. The van der Waals surface area contributed by atoms with Crippen molar-refractivity contribution in [3.8, 4) is 0 Å². The summed E-state index contributed by atoms with van der Waals surface area (Å²) in [7, 11) is 0. The standard InChI is InChI=1S/C13H12Br2N4O3/c1-7-3-8(2)18(17-7)6-12(20)16-13-10(14)4-9(19(21)22)5-11(13)15/h3-5H,6H2,1-2H3,(H,16,20). The topological polar surface area (TPSA) is 90.1 Å². The first-order chi connectivity index (χ1) is 10.3. The Morgan fingerprint density at radius 1 is 1.32 bits per heavy atom. The second-order valence-corrected chi connectivity index (χ2v) is 6.38. The molecule has 1 aromatic carbocycles. The molecular formula is C13H12Br2N4O3. The molecule has 0 atom stereocenters. The van der Waals surface area contributed by atoms with Gasteiger partial charge in [0.05, 0.1) is 16.3 Å². The van der Waals surface area contributed by atoms with Gasteiger partial charge in [0.1, 0.15) is 6.54 Å². The van der Waals surface area contributed by atoms with E-state index in [0.29, 0.717) is 14.6 Å². The predicted molar refractivity (Wildman–Crippen MR) is 88.8 cm³/mol. The molecule has 2 aromatic rings. The summed E-state index contributed by atoms with van der Waals surface area (Å²) in [6.45, 7) is 3.78. The summed E-state index contributed by atoms with van der Waals surface area (Å²) < 4.78 is 2.45. The van der Waals surface area contributed by atoms with Crippen molar-refractivity contribution in [2.75, 3.05) is 5.32 Å².